The van der Waals surface area contributed by atoms with Gasteiger partial charge in [-0.1, -0.05) is 29.8 Å². The zero-order chi connectivity index (χ0) is 14.1. The molecule has 0 unspecified atom stereocenters. The molecule has 1 aromatic carbocycles. The number of aryl methyl sites for hydroxylation is 1. The van der Waals surface area contributed by atoms with Crippen LogP contribution >= 0.6 is 12.2 Å². The van der Waals surface area contributed by atoms with Gasteiger partial charge in [-0.2, -0.15) is 0 Å². The molecule has 0 radical (unpaired) electrons. The molecule has 2 saturated carbocycles. The lowest BCUT2D eigenvalue weighted by molar-refractivity contribution is -0.122. The maximum absolute atomic E-state index is 12.0. The van der Waals surface area contributed by atoms with Crippen LogP contribution in [0.1, 0.15) is 36.3 Å². The Morgan fingerprint density at radius 2 is 1.90 bits per heavy atom. The highest BCUT2D eigenvalue weighted by Crippen LogP contribution is 2.47. The molecule has 0 aliphatic heterocycles. The molecule has 0 saturated heterocycles. The van der Waals surface area contributed by atoms with Crippen LogP contribution in [0.4, 0.5) is 0 Å². The van der Waals surface area contributed by atoms with Gasteiger partial charge >= 0.3 is 0 Å². The number of hydrogen-bond donors (Lipinski definition) is 3. The van der Waals surface area contributed by atoms with Crippen molar-refractivity contribution in [2.75, 3.05) is 0 Å². The summed E-state index contributed by atoms with van der Waals surface area (Å²) >= 11 is 5.10. The fourth-order valence-corrected chi connectivity index (χ4v) is 2.54. The number of amides is 1. The van der Waals surface area contributed by atoms with Crippen molar-refractivity contribution in [3.8, 4) is 0 Å². The predicted molar refractivity (Wildman–Crippen MR) is 82.1 cm³/mol. The van der Waals surface area contributed by atoms with E-state index < -0.39 is 0 Å². The van der Waals surface area contributed by atoms with Gasteiger partial charge in [0.2, 0.25) is 5.91 Å². The van der Waals surface area contributed by atoms with Crippen molar-refractivity contribution in [1.82, 2.24) is 16.2 Å². The van der Waals surface area contributed by atoms with Crippen molar-refractivity contribution in [2.45, 2.75) is 38.1 Å². The number of hydrazine groups is 1. The molecule has 2 aliphatic rings. The summed E-state index contributed by atoms with van der Waals surface area (Å²) < 4.78 is 0. The Labute approximate surface area is 124 Å². The lowest BCUT2D eigenvalue weighted by Crippen LogP contribution is -2.48. The number of rotatable bonds is 3. The molecular formula is C15H19N3OS. The Bertz CT molecular complexity index is 524. The standard InChI is InChI=1S/C15H19N3OS/c1-9-2-4-10(5-3-9)12-8-13(12)14(19)17-18-15(20)16-11-6-7-11/h2-5,11-13H,6-8H2,1H3,(H,17,19)(H2,16,18,20)/t12-,13+/m0/s1. The number of carbonyl (C=O) groups excluding carboxylic acids is 1. The Kier molecular flexibility index (Phi) is 3.61. The minimum absolute atomic E-state index is 0.0236. The van der Waals surface area contributed by atoms with E-state index in [0.29, 0.717) is 17.1 Å². The van der Waals surface area contributed by atoms with Crippen LogP contribution in [0.3, 0.4) is 0 Å². The van der Waals surface area contributed by atoms with Gasteiger partial charge in [0.1, 0.15) is 0 Å². The van der Waals surface area contributed by atoms with E-state index in [4.69, 9.17) is 12.2 Å². The summed E-state index contributed by atoms with van der Waals surface area (Å²) in [6, 6.07) is 8.90. The fourth-order valence-electron chi connectivity index (χ4n) is 2.33. The molecule has 2 fully saturated rings. The monoisotopic (exact) mass is 289 g/mol. The molecule has 2 aliphatic carbocycles. The van der Waals surface area contributed by atoms with Gasteiger partial charge in [0.25, 0.3) is 0 Å². The first-order valence-corrected chi connectivity index (χ1v) is 7.47. The smallest absolute Gasteiger partial charge is 0.242 e. The molecule has 5 heteroatoms. The van der Waals surface area contributed by atoms with Gasteiger partial charge in [-0.3, -0.25) is 15.6 Å². The van der Waals surface area contributed by atoms with E-state index >= 15 is 0 Å². The Hall–Kier alpha value is -1.62. The van der Waals surface area contributed by atoms with E-state index in [2.05, 4.69) is 47.4 Å². The summed E-state index contributed by atoms with van der Waals surface area (Å²) in [5.41, 5.74) is 7.96. The summed E-state index contributed by atoms with van der Waals surface area (Å²) in [5.74, 6) is 0.437. The van der Waals surface area contributed by atoms with E-state index in [9.17, 15) is 4.79 Å². The number of thiocarbonyl (C=S) groups is 1. The summed E-state index contributed by atoms with van der Waals surface area (Å²) in [7, 11) is 0. The Balaban J connectivity index is 1.44. The first-order chi connectivity index (χ1) is 9.63. The molecule has 0 bridgehead atoms. The van der Waals surface area contributed by atoms with Gasteiger partial charge in [0, 0.05) is 12.0 Å². The van der Waals surface area contributed by atoms with Crippen LogP contribution < -0.4 is 16.2 Å². The molecule has 4 nitrogen and oxygen atoms in total. The minimum atomic E-state index is 0.0236. The van der Waals surface area contributed by atoms with Crippen LogP contribution in [0.25, 0.3) is 0 Å². The van der Waals surface area contributed by atoms with Gasteiger partial charge in [0.15, 0.2) is 5.11 Å². The third-order valence-electron chi connectivity index (χ3n) is 3.84. The van der Waals surface area contributed by atoms with Gasteiger partial charge in [-0.15, -0.1) is 0 Å². The van der Waals surface area contributed by atoms with E-state index in [1.54, 1.807) is 0 Å². The Morgan fingerprint density at radius 1 is 1.20 bits per heavy atom. The van der Waals surface area contributed by atoms with Crippen molar-refractivity contribution in [2.24, 2.45) is 5.92 Å². The molecular weight excluding hydrogens is 270 g/mol. The first-order valence-electron chi connectivity index (χ1n) is 7.06. The van der Waals surface area contributed by atoms with Crippen LogP contribution in [-0.2, 0) is 4.79 Å². The second kappa shape index (κ2) is 5.40. The van der Waals surface area contributed by atoms with Gasteiger partial charge < -0.3 is 5.32 Å². The zero-order valence-corrected chi connectivity index (χ0v) is 12.3. The number of hydrogen-bond acceptors (Lipinski definition) is 2. The van der Waals surface area contributed by atoms with Gasteiger partial charge in [0.05, 0.1) is 0 Å². The molecule has 1 aromatic rings. The summed E-state index contributed by atoms with van der Waals surface area (Å²) in [5, 5.41) is 3.63. The number of benzene rings is 1. The highest BCUT2D eigenvalue weighted by Gasteiger charge is 2.43. The van der Waals surface area contributed by atoms with Crippen molar-refractivity contribution in [3.05, 3.63) is 35.4 Å². The molecule has 3 N–H and O–H groups in total. The normalized spacial score (nSPS) is 23.9. The summed E-state index contributed by atoms with van der Waals surface area (Å²) in [6.07, 6.45) is 3.24. The van der Waals surface area contributed by atoms with Crippen molar-refractivity contribution < 1.29 is 4.79 Å². The lowest BCUT2D eigenvalue weighted by Gasteiger charge is -2.10. The second-order valence-electron chi connectivity index (χ2n) is 5.72. The topological polar surface area (TPSA) is 53.2 Å². The molecule has 0 heterocycles. The predicted octanol–water partition coefficient (Wildman–Crippen LogP) is 1.76. The summed E-state index contributed by atoms with van der Waals surface area (Å²) in [4.78, 5) is 12.0. The van der Waals surface area contributed by atoms with Crippen LogP contribution in [0.2, 0.25) is 0 Å². The zero-order valence-electron chi connectivity index (χ0n) is 11.5. The molecule has 0 aromatic heterocycles. The van der Waals surface area contributed by atoms with E-state index in [1.807, 2.05) is 0 Å². The first kappa shape index (κ1) is 13.4. The quantitative estimate of drug-likeness (QED) is 0.586. The molecule has 0 spiro atoms. The van der Waals surface area contributed by atoms with Crippen LogP contribution in [0, 0.1) is 12.8 Å². The van der Waals surface area contributed by atoms with Crippen LogP contribution in [0.5, 0.6) is 0 Å². The largest absolute Gasteiger partial charge is 0.359 e. The second-order valence-corrected chi connectivity index (χ2v) is 6.13. The van der Waals surface area contributed by atoms with Gasteiger partial charge in [-0.25, -0.2) is 0 Å². The van der Waals surface area contributed by atoms with Crippen molar-refractivity contribution in [1.29, 1.82) is 0 Å². The SMILES string of the molecule is Cc1ccc([C@@H]2C[C@H]2C(=O)NNC(=S)NC2CC2)cc1. The Morgan fingerprint density at radius 3 is 2.55 bits per heavy atom. The maximum Gasteiger partial charge on any atom is 0.242 e. The average molecular weight is 289 g/mol. The molecule has 2 atom stereocenters. The fraction of sp³-hybridized carbons (Fsp3) is 0.467. The van der Waals surface area contributed by atoms with Crippen LogP contribution in [-0.4, -0.2) is 17.1 Å². The molecule has 20 heavy (non-hydrogen) atoms. The summed E-state index contributed by atoms with van der Waals surface area (Å²) in [6.45, 7) is 2.07. The number of carbonyl (C=O) groups is 1. The third-order valence-corrected chi connectivity index (χ3v) is 4.06. The highest BCUT2D eigenvalue weighted by atomic mass is 32.1. The molecule has 3 rings (SSSR count). The van der Waals surface area contributed by atoms with Crippen LogP contribution in [0.15, 0.2) is 24.3 Å². The third kappa shape index (κ3) is 3.28. The molecule has 1 amide bonds. The minimum Gasteiger partial charge on any atom is -0.359 e. The lowest BCUT2D eigenvalue weighted by atomic mass is 10.1. The number of nitrogens with one attached hydrogen (secondary N) is 3. The van der Waals surface area contributed by atoms with Crippen molar-refractivity contribution in [3.63, 3.8) is 0 Å². The van der Waals surface area contributed by atoms with E-state index in [1.165, 1.54) is 11.1 Å². The van der Waals surface area contributed by atoms with Gasteiger partial charge in [-0.05, 0) is 49.9 Å². The van der Waals surface area contributed by atoms with Crippen molar-refractivity contribution >= 4 is 23.2 Å². The van der Waals surface area contributed by atoms with E-state index in [-0.39, 0.29) is 11.8 Å². The average Bonchev–Trinajstić information content (AvgIpc) is 3.30. The maximum atomic E-state index is 12.0. The van der Waals surface area contributed by atoms with E-state index in [0.717, 1.165) is 19.3 Å². The molecule has 106 valence electrons. The highest BCUT2D eigenvalue weighted by molar-refractivity contribution is 7.80.